The number of aromatic nitrogens is 3. The van der Waals surface area contributed by atoms with Gasteiger partial charge in [-0.3, -0.25) is 4.79 Å². The predicted octanol–water partition coefficient (Wildman–Crippen LogP) is 5.94. The van der Waals surface area contributed by atoms with Crippen LogP contribution in [0.4, 0.5) is 5.69 Å². The molecule has 5 rings (SSSR count). The molecule has 8 nitrogen and oxygen atoms in total. The normalized spacial score (nSPS) is 17.8. The number of pyridine rings is 1. The van der Waals surface area contributed by atoms with Gasteiger partial charge in [0, 0.05) is 41.3 Å². The Morgan fingerprint density at radius 3 is 2.50 bits per heavy atom. The molecule has 4 aromatic rings. The van der Waals surface area contributed by atoms with Crippen molar-refractivity contribution < 1.29 is 17.9 Å². The molecule has 10 heteroatoms. The Morgan fingerprint density at radius 2 is 1.87 bits per heavy atom. The molecular formula is C28H32N4O4S2. The summed E-state index contributed by atoms with van der Waals surface area (Å²) in [4.78, 5) is 21.7. The highest BCUT2D eigenvalue weighted by Gasteiger charge is 2.33. The molecule has 0 bridgehead atoms. The number of aryl methyl sites for hydroxylation is 2. The van der Waals surface area contributed by atoms with Crippen LogP contribution in [0, 0.1) is 19.8 Å². The molecule has 3 aromatic heterocycles. The lowest BCUT2D eigenvalue weighted by atomic mass is 9.78. The highest BCUT2D eigenvalue weighted by Crippen LogP contribution is 2.40. The zero-order valence-corrected chi connectivity index (χ0v) is 23.8. The average Bonchev–Trinajstić information content (AvgIpc) is 3.43. The lowest BCUT2D eigenvalue weighted by Crippen LogP contribution is -2.37. The zero-order chi connectivity index (χ0) is 27.2. The van der Waals surface area contributed by atoms with Crippen molar-refractivity contribution in [2.45, 2.75) is 70.4 Å². The van der Waals surface area contributed by atoms with Gasteiger partial charge in [-0.05, 0) is 71.6 Å². The Balaban J connectivity index is 1.46. The third-order valence-corrected chi connectivity index (χ3v) is 9.24. The Kier molecular flexibility index (Phi) is 6.81. The molecule has 0 saturated heterocycles. The van der Waals surface area contributed by atoms with Crippen LogP contribution in [0.15, 0.2) is 53.0 Å². The van der Waals surface area contributed by atoms with Gasteiger partial charge in [0.05, 0.1) is 16.1 Å². The first-order chi connectivity index (χ1) is 17.9. The van der Waals surface area contributed by atoms with E-state index in [2.05, 4.69) is 15.3 Å². The molecular weight excluding hydrogens is 520 g/mol. The maximum atomic E-state index is 13.5. The number of carbonyl (C=O) groups excluding carboxylic acids is 1. The van der Waals surface area contributed by atoms with Crippen molar-refractivity contribution in [3.63, 3.8) is 0 Å². The van der Waals surface area contributed by atoms with Crippen LogP contribution < -0.4 is 5.32 Å². The third-order valence-electron chi connectivity index (χ3n) is 6.57. The first-order valence-corrected chi connectivity index (χ1v) is 15.0. The summed E-state index contributed by atoms with van der Waals surface area (Å²) in [5.74, 6) is 0.0707. The second-order valence-electron chi connectivity index (χ2n) is 11.0. The smallest absolute Gasteiger partial charge is 0.306 e. The van der Waals surface area contributed by atoms with Crippen molar-refractivity contribution in [2.75, 3.05) is 5.32 Å². The van der Waals surface area contributed by atoms with Crippen molar-refractivity contribution in [3.05, 3.63) is 59.4 Å². The van der Waals surface area contributed by atoms with Gasteiger partial charge in [0.2, 0.25) is 0 Å². The minimum Gasteiger partial charge on any atom is -0.460 e. The monoisotopic (exact) mass is 552 g/mol. The van der Waals surface area contributed by atoms with E-state index in [0.29, 0.717) is 17.5 Å². The molecule has 0 amide bonds. The largest absolute Gasteiger partial charge is 0.460 e. The van der Waals surface area contributed by atoms with Gasteiger partial charge in [-0.15, -0.1) is 11.3 Å². The maximum Gasteiger partial charge on any atom is 0.306 e. The summed E-state index contributed by atoms with van der Waals surface area (Å²) in [6, 6.07) is 8.73. The summed E-state index contributed by atoms with van der Waals surface area (Å²) in [5, 5.41) is 7.14. The summed E-state index contributed by atoms with van der Waals surface area (Å²) in [6.45, 7) is 9.48. The quantitative estimate of drug-likeness (QED) is 0.283. The van der Waals surface area contributed by atoms with Crippen LogP contribution in [0.2, 0.25) is 0 Å². The number of anilines is 1. The number of hydrogen-bond donors (Lipinski definition) is 1. The summed E-state index contributed by atoms with van der Waals surface area (Å²) in [5.41, 5.74) is 3.40. The number of benzene rings is 1. The number of hydrogen-bond acceptors (Lipinski definition) is 8. The second kappa shape index (κ2) is 9.81. The molecule has 1 N–H and O–H groups in total. The van der Waals surface area contributed by atoms with Crippen LogP contribution in [0.5, 0.6) is 0 Å². The minimum atomic E-state index is -3.82. The molecule has 1 aliphatic rings. The summed E-state index contributed by atoms with van der Waals surface area (Å²) < 4.78 is 33.7. The first kappa shape index (κ1) is 26.4. The van der Waals surface area contributed by atoms with Crippen LogP contribution in [0.25, 0.3) is 21.6 Å². The van der Waals surface area contributed by atoms with Crippen molar-refractivity contribution >= 4 is 44.1 Å². The van der Waals surface area contributed by atoms with Crippen molar-refractivity contribution in [1.82, 2.24) is 13.9 Å². The van der Waals surface area contributed by atoms with E-state index in [1.54, 1.807) is 42.7 Å². The van der Waals surface area contributed by atoms with Crippen molar-refractivity contribution in [2.24, 2.45) is 5.92 Å². The lowest BCUT2D eigenvalue weighted by Gasteiger charge is -2.37. The maximum absolute atomic E-state index is 13.5. The van der Waals surface area contributed by atoms with E-state index >= 15 is 0 Å². The van der Waals surface area contributed by atoms with Gasteiger partial charge in [0.25, 0.3) is 10.0 Å². The number of nitrogens with zero attached hydrogens (tertiary/aromatic N) is 3. The average molecular weight is 553 g/mol. The van der Waals surface area contributed by atoms with E-state index < -0.39 is 15.6 Å². The Morgan fingerprint density at radius 1 is 1.16 bits per heavy atom. The number of esters is 1. The SMILES string of the molecule is Cc1ccc(S(=O)(=O)n2ccc3c(NC4CC(CC(=O)OC(C)(C)C)C4)c(-c4nc(C)cs4)cnc32)cc1. The van der Waals surface area contributed by atoms with Gasteiger partial charge in [-0.1, -0.05) is 17.7 Å². The molecule has 0 aliphatic heterocycles. The van der Waals surface area contributed by atoms with Gasteiger partial charge in [0.15, 0.2) is 5.65 Å². The molecule has 1 saturated carbocycles. The third kappa shape index (κ3) is 5.33. The second-order valence-corrected chi connectivity index (χ2v) is 13.7. The summed E-state index contributed by atoms with van der Waals surface area (Å²) >= 11 is 1.53. The molecule has 0 unspecified atom stereocenters. The van der Waals surface area contributed by atoms with E-state index in [1.165, 1.54) is 15.3 Å². The highest BCUT2D eigenvalue weighted by atomic mass is 32.2. The number of thiazole rings is 1. The van der Waals surface area contributed by atoms with Gasteiger partial charge >= 0.3 is 5.97 Å². The van der Waals surface area contributed by atoms with Crippen LogP contribution in [-0.2, 0) is 19.6 Å². The summed E-state index contributed by atoms with van der Waals surface area (Å²) in [6.07, 6.45) is 5.29. The number of carbonyl (C=O) groups is 1. The lowest BCUT2D eigenvalue weighted by molar-refractivity contribution is -0.156. The number of fused-ring (bicyclic) bond motifs is 1. The Bertz CT molecular complexity index is 1590. The van der Waals surface area contributed by atoms with E-state index in [9.17, 15) is 13.2 Å². The molecule has 0 spiro atoms. The molecule has 1 aliphatic carbocycles. The molecule has 200 valence electrons. The highest BCUT2D eigenvalue weighted by molar-refractivity contribution is 7.90. The number of rotatable bonds is 7. The molecule has 0 atom stereocenters. The van der Waals surface area contributed by atoms with E-state index in [4.69, 9.17) is 4.74 Å². The Labute approximate surface area is 227 Å². The van der Waals surface area contributed by atoms with Gasteiger partial charge in [-0.2, -0.15) is 0 Å². The molecule has 3 heterocycles. The number of ether oxygens (including phenoxy) is 1. The fourth-order valence-electron chi connectivity index (χ4n) is 4.72. The van der Waals surface area contributed by atoms with Gasteiger partial charge in [0.1, 0.15) is 10.6 Å². The van der Waals surface area contributed by atoms with E-state index in [1.807, 2.05) is 40.0 Å². The fourth-order valence-corrected chi connectivity index (χ4v) is 6.83. The molecule has 1 fully saturated rings. The van der Waals surface area contributed by atoms with Gasteiger partial charge < -0.3 is 10.1 Å². The van der Waals surface area contributed by atoms with Crippen LogP contribution in [0.3, 0.4) is 0 Å². The standard InChI is InChI=1S/C28H32N4O4S2/c1-17-6-8-21(9-7-17)38(34,35)32-11-10-22-25(23(15-29-26(22)32)27-30-18(2)16-37-27)31-20-12-19(13-20)14-24(33)36-28(3,4)5/h6-11,15-16,19-20H,12-14H2,1-5H3,(H,29,31). The fraction of sp³-hybridized carbons (Fsp3) is 0.393. The summed E-state index contributed by atoms with van der Waals surface area (Å²) in [7, 11) is -3.82. The predicted molar refractivity (Wildman–Crippen MR) is 150 cm³/mol. The van der Waals surface area contributed by atoms with Gasteiger partial charge in [-0.25, -0.2) is 22.4 Å². The van der Waals surface area contributed by atoms with Crippen molar-refractivity contribution in [3.8, 4) is 10.6 Å². The van der Waals surface area contributed by atoms with Crippen LogP contribution in [-0.4, -0.2) is 40.0 Å². The zero-order valence-electron chi connectivity index (χ0n) is 22.2. The van der Waals surface area contributed by atoms with Crippen LogP contribution in [0.1, 0.15) is 51.3 Å². The molecule has 1 aromatic carbocycles. The van der Waals surface area contributed by atoms with E-state index in [0.717, 1.165) is 40.4 Å². The first-order valence-electron chi connectivity index (χ1n) is 12.6. The van der Waals surface area contributed by atoms with E-state index in [-0.39, 0.29) is 22.8 Å². The topological polar surface area (TPSA) is 103 Å². The molecule has 0 radical (unpaired) electrons. The Hall–Kier alpha value is -3.24. The minimum absolute atomic E-state index is 0.143. The molecule has 38 heavy (non-hydrogen) atoms. The number of nitrogens with one attached hydrogen (secondary N) is 1. The van der Waals surface area contributed by atoms with Crippen LogP contribution >= 0.6 is 11.3 Å². The van der Waals surface area contributed by atoms with Crippen molar-refractivity contribution in [1.29, 1.82) is 0 Å².